The quantitative estimate of drug-likeness (QED) is 0.870. The topological polar surface area (TPSA) is 48.0 Å². The Balaban J connectivity index is 1.51. The number of ether oxygens (including phenoxy) is 3. The van der Waals surface area contributed by atoms with Crippen molar-refractivity contribution in [1.82, 2.24) is 4.90 Å². The number of benzene rings is 2. The molecule has 5 heteroatoms. The van der Waals surface area contributed by atoms with Gasteiger partial charge < -0.3 is 19.1 Å². The molecule has 0 saturated carbocycles. The van der Waals surface area contributed by atoms with Gasteiger partial charge in [-0.1, -0.05) is 18.2 Å². The van der Waals surface area contributed by atoms with Crippen LogP contribution in [0.25, 0.3) is 0 Å². The predicted octanol–water partition coefficient (Wildman–Crippen LogP) is 3.05. The lowest BCUT2D eigenvalue weighted by Crippen LogP contribution is -2.28. The molecule has 2 aromatic rings. The number of methoxy groups -OCH3 is 1. The molecule has 0 spiro atoms. The number of hydrogen-bond donors (Lipinski definition) is 0. The van der Waals surface area contributed by atoms with Crippen molar-refractivity contribution in [3.8, 4) is 17.2 Å². The van der Waals surface area contributed by atoms with Crippen molar-refractivity contribution in [3.05, 3.63) is 53.6 Å². The summed E-state index contributed by atoms with van der Waals surface area (Å²) in [5, 5.41) is 0. The number of rotatable bonds is 3. The van der Waals surface area contributed by atoms with Crippen molar-refractivity contribution in [1.29, 1.82) is 0 Å². The lowest BCUT2D eigenvalue weighted by atomic mass is 9.98. The second-order valence-corrected chi connectivity index (χ2v) is 6.05. The van der Waals surface area contributed by atoms with Gasteiger partial charge in [-0.2, -0.15) is 0 Å². The molecule has 24 heavy (non-hydrogen) atoms. The summed E-state index contributed by atoms with van der Waals surface area (Å²) in [6.07, 6.45) is 0.945. The van der Waals surface area contributed by atoms with E-state index in [2.05, 4.69) is 6.07 Å². The molecular weight excluding hydrogens is 306 g/mol. The lowest BCUT2D eigenvalue weighted by Gasteiger charge is -2.18. The standard InChI is InChI=1S/C19H19NO4/c1-22-16-5-3-2-4-15(16)19(21)20-9-8-14(11-20)13-6-7-17-18(10-13)24-12-23-17/h2-7,10,14H,8-9,11-12H2,1H3. The number of para-hydroxylation sites is 1. The van der Waals surface area contributed by atoms with E-state index in [1.165, 1.54) is 5.56 Å². The first-order valence-electron chi connectivity index (χ1n) is 8.08. The fourth-order valence-electron chi connectivity index (χ4n) is 3.38. The van der Waals surface area contributed by atoms with Gasteiger partial charge in [-0.25, -0.2) is 0 Å². The Kier molecular flexibility index (Phi) is 3.76. The van der Waals surface area contributed by atoms with E-state index in [1.54, 1.807) is 7.11 Å². The largest absolute Gasteiger partial charge is 0.496 e. The molecule has 0 aliphatic carbocycles. The molecular formula is C19H19NO4. The van der Waals surface area contributed by atoms with Crippen LogP contribution in [-0.2, 0) is 0 Å². The summed E-state index contributed by atoms with van der Waals surface area (Å²) >= 11 is 0. The van der Waals surface area contributed by atoms with Gasteiger partial charge >= 0.3 is 0 Å². The zero-order valence-electron chi connectivity index (χ0n) is 13.5. The van der Waals surface area contributed by atoms with Gasteiger partial charge in [0.1, 0.15) is 5.75 Å². The van der Waals surface area contributed by atoms with E-state index in [4.69, 9.17) is 14.2 Å². The zero-order valence-corrected chi connectivity index (χ0v) is 13.5. The first-order chi connectivity index (χ1) is 11.8. The highest BCUT2D eigenvalue weighted by Gasteiger charge is 2.30. The van der Waals surface area contributed by atoms with E-state index < -0.39 is 0 Å². The van der Waals surface area contributed by atoms with Gasteiger partial charge in [0.25, 0.3) is 5.91 Å². The van der Waals surface area contributed by atoms with Gasteiger partial charge in [0.15, 0.2) is 11.5 Å². The van der Waals surface area contributed by atoms with Crippen molar-refractivity contribution in [2.75, 3.05) is 27.0 Å². The number of carbonyl (C=O) groups is 1. The molecule has 0 N–H and O–H groups in total. The Labute approximate surface area is 140 Å². The second-order valence-electron chi connectivity index (χ2n) is 6.05. The van der Waals surface area contributed by atoms with E-state index in [1.807, 2.05) is 41.3 Å². The van der Waals surface area contributed by atoms with Crippen LogP contribution < -0.4 is 14.2 Å². The number of hydrogen-bond acceptors (Lipinski definition) is 4. The summed E-state index contributed by atoms with van der Waals surface area (Å²) in [6.45, 7) is 1.73. The highest BCUT2D eigenvalue weighted by Crippen LogP contribution is 2.37. The molecule has 2 aliphatic heterocycles. The second kappa shape index (κ2) is 6.07. The highest BCUT2D eigenvalue weighted by molar-refractivity contribution is 5.97. The van der Waals surface area contributed by atoms with Gasteiger partial charge in [-0.15, -0.1) is 0 Å². The Morgan fingerprint density at radius 1 is 1.17 bits per heavy atom. The zero-order chi connectivity index (χ0) is 16.5. The van der Waals surface area contributed by atoms with E-state index in [0.29, 0.717) is 23.8 Å². The van der Waals surface area contributed by atoms with Crippen LogP contribution in [0.3, 0.4) is 0 Å². The van der Waals surface area contributed by atoms with Crippen molar-refractivity contribution in [2.45, 2.75) is 12.3 Å². The highest BCUT2D eigenvalue weighted by atomic mass is 16.7. The molecule has 1 atom stereocenters. The number of nitrogens with zero attached hydrogens (tertiary/aromatic N) is 1. The van der Waals surface area contributed by atoms with E-state index in [9.17, 15) is 4.79 Å². The van der Waals surface area contributed by atoms with Crippen LogP contribution in [-0.4, -0.2) is 37.8 Å². The molecule has 4 rings (SSSR count). The first kappa shape index (κ1) is 14.9. The molecule has 1 amide bonds. The minimum atomic E-state index is 0.0238. The number of likely N-dealkylation sites (tertiary alicyclic amines) is 1. The third-order valence-corrected chi connectivity index (χ3v) is 4.68. The fraction of sp³-hybridized carbons (Fsp3) is 0.316. The Bertz CT molecular complexity index is 774. The predicted molar refractivity (Wildman–Crippen MR) is 88.8 cm³/mol. The van der Waals surface area contributed by atoms with E-state index in [-0.39, 0.29) is 12.7 Å². The summed E-state index contributed by atoms with van der Waals surface area (Å²) in [7, 11) is 1.59. The lowest BCUT2D eigenvalue weighted by molar-refractivity contribution is 0.0787. The summed E-state index contributed by atoms with van der Waals surface area (Å²) in [6, 6.07) is 13.4. The molecule has 124 valence electrons. The fourth-order valence-corrected chi connectivity index (χ4v) is 3.38. The van der Waals surface area contributed by atoms with E-state index in [0.717, 1.165) is 24.5 Å². The molecule has 1 saturated heterocycles. The van der Waals surface area contributed by atoms with Gasteiger partial charge in [0.2, 0.25) is 6.79 Å². The smallest absolute Gasteiger partial charge is 0.257 e. The summed E-state index contributed by atoms with van der Waals surface area (Å²) in [5.41, 5.74) is 1.81. The van der Waals surface area contributed by atoms with Crippen LogP contribution in [0.5, 0.6) is 17.2 Å². The number of fused-ring (bicyclic) bond motifs is 1. The maximum Gasteiger partial charge on any atom is 0.257 e. The van der Waals surface area contributed by atoms with Gasteiger partial charge in [-0.3, -0.25) is 4.79 Å². The Hall–Kier alpha value is -2.69. The monoisotopic (exact) mass is 325 g/mol. The molecule has 2 aromatic carbocycles. The van der Waals surface area contributed by atoms with Crippen molar-refractivity contribution in [3.63, 3.8) is 0 Å². The third kappa shape index (κ3) is 2.56. The summed E-state index contributed by atoms with van der Waals surface area (Å²) in [4.78, 5) is 14.7. The third-order valence-electron chi connectivity index (χ3n) is 4.68. The van der Waals surface area contributed by atoms with Crippen molar-refractivity contribution < 1.29 is 19.0 Å². The van der Waals surface area contributed by atoms with Crippen LogP contribution in [0.1, 0.15) is 28.3 Å². The molecule has 2 heterocycles. The Morgan fingerprint density at radius 2 is 2.00 bits per heavy atom. The molecule has 1 unspecified atom stereocenters. The van der Waals surface area contributed by atoms with Crippen molar-refractivity contribution >= 4 is 5.91 Å². The SMILES string of the molecule is COc1ccccc1C(=O)N1CCC(c2ccc3c(c2)OCO3)C1. The van der Waals surface area contributed by atoms with Crippen LogP contribution in [0.2, 0.25) is 0 Å². The maximum atomic E-state index is 12.8. The first-order valence-corrected chi connectivity index (χ1v) is 8.08. The molecule has 5 nitrogen and oxygen atoms in total. The van der Waals surface area contributed by atoms with Crippen LogP contribution in [0.15, 0.2) is 42.5 Å². The molecule has 0 bridgehead atoms. The normalized spacial score (nSPS) is 18.7. The molecule has 2 aliphatic rings. The average molecular weight is 325 g/mol. The van der Waals surface area contributed by atoms with E-state index >= 15 is 0 Å². The summed E-state index contributed by atoms with van der Waals surface area (Å²) < 4.78 is 16.1. The van der Waals surface area contributed by atoms with Crippen LogP contribution >= 0.6 is 0 Å². The van der Waals surface area contributed by atoms with Gasteiger partial charge in [-0.05, 0) is 36.2 Å². The minimum absolute atomic E-state index is 0.0238. The number of carbonyl (C=O) groups excluding carboxylic acids is 1. The Morgan fingerprint density at radius 3 is 2.88 bits per heavy atom. The number of amides is 1. The van der Waals surface area contributed by atoms with Gasteiger partial charge in [0.05, 0.1) is 12.7 Å². The van der Waals surface area contributed by atoms with Gasteiger partial charge in [0, 0.05) is 19.0 Å². The van der Waals surface area contributed by atoms with Crippen LogP contribution in [0.4, 0.5) is 0 Å². The maximum absolute atomic E-state index is 12.8. The average Bonchev–Trinajstić information content (AvgIpc) is 3.29. The van der Waals surface area contributed by atoms with Crippen molar-refractivity contribution in [2.24, 2.45) is 0 Å². The molecule has 0 radical (unpaired) electrons. The molecule has 0 aromatic heterocycles. The molecule has 1 fully saturated rings. The van der Waals surface area contributed by atoms with Crippen LogP contribution in [0, 0.1) is 0 Å². The minimum Gasteiger partial charge on any atom is -0.496 e. The summed E-state index contributed by atoms with van der Waals surface area (Å²) in [5.74, 6) is 2.54.